The average Bonchev–Trinajstić information content (AvgIpc) is 3.06. The quantitative estimate of drug-likeness (QED) is 0.394. The van der Waals surface area contributed by atoms with E-state index < -0.39 is 5.79 Å². The Balaban J connectivity index is 1.58. The zero-order chi connectivity index (χ0) is 15.6. The predicted octanol–water partition coefficient (Wildman–Crippen LogP) is -1.14. The molecule has 0 aromatic carbocycles. The Labute approximate surface area is 128 Å². The summed E-state index contributed by atoms with van der Waals surface area (Å²) in [6, 6.07) is 0. The van der Waals surface area contributed by atoms with E-state index >= 15 is 0 Å². The topological polar surface area (TPSA) is 96.3 Å². The molecular formula is C13H20N4O5. The maximum Gasteiger partial charge on any atom is 0.324 e. The van der Waals surface area contributed by atoms with Gasteiger partial charge in [-0.25, -0.2) is 4.99 Å². The number of hydrogen-bond donors (Lipinski definition) is 0. The molecule has 3 rings (SSSR count). The van der Waals surface area contributed by atoms with Crippen LogP contribution in [0.1, 0.15) is 20.3 Å². The summed E-state index contributed by atoms with van der Waals surface area (Å²) in [5.74, 6) is -0.789. The second kappa shape index (κ2) is 6.19. The highest BCUT2D eigenvalue weighted by Gasteiger charge is 2.32. The summed E-state index contributed by atoms with van der Waals surface area (Å²) in [4.78, 5) is 5.45. The maximum absolute atomic E-state index is 11.9. The minimum absolute atomic E-state index is 0.154. The van der Waals surface area contributed by atoms with Crippen LogP contribution in [0.15, 0.2) is 15.7 Å². The van der Waals surface area contributed by atoms with Gasteiger partial charge in [0.1, 0.15) is 0 Å². The smallest absolute Gasteiger partial charge is 0.324 e. The first-order chi connectivity index (χ1) is 10.5. The molecule has 0 N–H and O–H groups in total. The average molecular weight is 312 g/mol. The van der Waals surface area contributed by atoms with Crippen LogP contribution in [0.5, 0.6) is 0 Å². The molecule has 2 aliphatic rings. The Morgan fingerprint density at radius 2 is 2.27 bits per heavy atom. The van der Waals surface area contributed by atoms with E-state index in [0.29, 0.717) is 32.9 Å². The standard InChI is InChI=1S/C13H20N4O5/c1-13(2)20-9-10(21-13)7-11(18)14-12-8-17(15-22-12)16-3-5-19-6-4-16/h8,10H,3-7,9H2,1-2H3/t10-/m1/s1. The van der Waals surface area contributed by atoms with Crippen LogP contribution < -0.4 is 14.9 Å². The van der Waals surface area contributed by atoms with Gasteiger partial charge in [-0.3, -0.25) is 4.52 Å². The van der Waals surface area contributed by atoms with E-state index in [1.54, 1.807) is 11.0 Å². The maximum atomic E-state index is 11.9. The van der Waals surface area contributed by atoms with Gasteiger partial charge in [-0.2, -0.15) is 0 Å². The first kappa shape index (κ1) is 15.2. The van der Waals surface area contributed by atoms with Crippen molar-refractivity contribution in [1.29, 1.82) is 0 Å². The minimum atomic E-state index is -0.642. The second-order valence-electron chi connectivity index (χ2n) is 5.69. The number of aliphatic imine (C=N–C) groups is 1. The molecule has 2 aliphatic heterocycles. The molecule has 0 aliphatic carbocycles. The Bertz CT molecular complexity index is 538. The molecule has 9 nitrogen and oxygen atoms in total. The van der Waals surface area contributed by atoms with Crippen LogP contribution in [-0.2, 0) is 14.2 Å². The summed E-state index contributed by atoms with van der Waals surface area (Å²) in [6.45, 7) is 6.73. The lowest BCUT2D eigenvalue weighted by Crippen LogP contribution is -2.62. The largest absolute Gasteiger partial charge is 0.862 e. The SMILES string of the molecule is CC1(C)OC[C@@H](CC([O-])=Nc2c[n+](N3CCOCC3)no2)O1. The van der Waals surface area contributed by atoms with E-state index in [1.807, 2.05) is 18.9 Å². The fraction of sp³-hybridized carbons (Fsp3) is 0.769. The summed E-state index contributed by atoms with van der Waals surface area (Å²) < 4.78 is 21.3. The Morgan fingerprint density at radius 1 is 1.50 bits per heavy atom. The number of nitrogens with zero attached hydrogens (tertiary/aromatic N) is 4. The van der Waals surface area contributed by atoms with Gasteiger partial charge in [0.2, 0.25) is 5.27 Å². The van der Waals surface area contributed by atoms with Gasteiger partial charge in [0.05, 0.1) is 43.8 Å². The van der Waals surface area contributed by atoms with E-state index in [2.05, 4.69) is 10.3 Å². The van der Waals surface area contributed by atoms with Crippen molar-refractivity contribution < 1.29 is 28.6 Å². The van der Waals surface area contributed by atoms with Crippen LogP contribution in [-0.4, -0.2) is 56.0 Å². The molecule has 122 valence electrons. The molecular weight excluding hydrogens is 292 g/mol. The van der Waals surface area contributed by atoms with E-state index in [-0.39, 0.29) is 24.3 Å². The number of aromatic nitrogens is 2. The number of ether oxygens (including phenoxy) is 3. The summed E-state index contributed by atoms with van der Waals surface area (Å²) in [6.07, 6.45) is 1.46. The van der Waals surface area contributed by atoms with Crippen molar-refractivity contribution in [3.63, 3.8) is 0 Å². The molecule has 2 saturated heterocycles. The Morgan fingerprint density at radius 3 is 2.95 bits per heavy atom. The van der Waals surface area contributed by atoms with Crippen LogP contribution in [0.25, 0.3) is 0 Å². The predicted molar refractivity (Wildman–Crippen MR) is 72.1 cm³/mol. The molecule has 0 amide bonds. The molecule has 0 unspecified atom stereocenters. The Kier molecular flexibility index (Phi) is 4.27. The number of rotatable bonds is 4. The van der Waals surface area contributed by atoms with Crippen LogP contribution >= 0.6 is 0 Å². The molecule has 0 bridgehead atoms. The Hall–Kier alpha value is -1.71. The first-order valence-corrected chi connectivity index (χ1v) is 7.30. The molecule has 3 heterocycles. The third-order valence-corrected chi connectivity index (χ3v) is 3.43. The minimum Gasteiger partial charge on any atom is -0.862 e. The molecule has 22 heavy (non-hydrogen) atoms. The van der Waals surface area contributed by atoms with Crippen molar-refractivity contribution in [1.82, 2.24) is 5.27 Å². The molecule has 2 fully saturated rings. The molecule has 1 aromatic rings. The number of hydrogen-bond acceptors (Lipinski definition) is 8. The van der Waals surface area contributed by atoms with Gasteiger partial charge in [-0.15, -0.1) is 5.01 Å². The zero-order valence-corrected chi connectivity index (χ0v) is 12.7. The highest BCUT2D eigenvalue weighted by Crippen LogP contribution is 2.24. The molecule has 0 spiro atoms. The van der Waals surface area contributed by atoms with Crippen molar-refractivity contribution in [2.24, 2.45) is 4.99 Å². The van der Waals surface area contributed by atoms with Crippen LogP contribution in [0.4, 0.5) is 5.88 Å². The lowest BCUT2D eigenvalue weighted by atomic mass is 10.2. The van der Waals surface area contributed by atoms with Gasteiger partial charge in [-0.1, -0.05) is 0 Å². The molecule has 1 aromatic heterocycles. The fourth-order valence-electron chi connectivity index (χ4n) is 2.40. The van der Waals surface area contributed by atoms with Gasteiger partial charge in [0, 0.05) is 6.42 Å². The normalized spacial score (nSPS) is 25.6. The van der Waals surface area contributed by atoms with Crippen molar-refractivity contribution >= 4 is 11.8 Å². The highest BCUT2D eigenvalue weighted by molar-refractivity contribution is 5.74. The fourth-order valence-corrected chi connectivity index (χ4v) is 2.40. The van der Waals surface area contributed by atoms with Crippen molar-refractivity contribution in [3.05, 3.63) is 6.20 Å². The van der Waals surface area contributed by atoms with Crippen molar-refractivity contribution in [2.45, 2.75) is 32.2 Å². The highest BCUT2D eigenvalue weighted by atomic mass is 16.7. The molecule has 1 atom stereocenters. The van der Waals surface area contributed by atoms with Crippen LogP contribution in [0.2, 0.25) is 0 Å². The summed E-state index contributed by atoms with van der Waals surface area (Å²) in [7, 11) is 0. The van der Waals surface area contributed by atoms with E-state index in [1.165, 1.54) is 0 Å². The zero-order valence-electron chi connectivity index (χ0n) is 12.7. The lowest BCUT2D eigenvalue weighted by molar-refractivity contribution is -0.759. The molecule has 9 heteroatoms. The monoisotopic (exact) mass is 312 g/mol. The van der Waals surface area contributed by atoms with Crippen LogP contribution in [0.3, 0.4) is 0 Å². The third kappa shape index (κ3) is 3.73. The van der Waals surface area contributed by atoms with Gasteiger partial charge in [0.15, 0.2) is 5.79 Å². The third-order valence-electron chi connectivity index (χ3n) is 3.43. The molecule has 0 radical (unpaired) electrons. The summed E-state index contributed by atoms with van der Waals surface area (Å²) in [5, 5.41) is 17.7. The van der Waals surface area contributed by atoms with Gasteiger partial charge < -0.3 is 19.3 Å². The van der Waals surface area contributed by atoms with Crippen molar-refractivity contribution in [2.75, 3.05) is 37.9 Å². The van der Waals surface area contributed by atoms with E-state index in [9.17, 15) is 5.11 Å². The number of morpholine rings is 1. The summed E-state index contributed by atoms with van der Waals surface area (Å²) in [5.41, 5.74) is 0. The van der Waals surface area contributed by atoms with E-state index in [0.717, 1.165) is 0 Å². The van der Waals surface area contributed by atoms with E-state index in [4.69, 9.17) is 18.7 Å². The second-order valence-corrected chi connectivity index (χ2v) is 5.69. The first-order valence-electron chi connectivity index (χ1n) is 7.30. The van der Waals surface area contributed by atoms with Crippen molar-refractivity contribution in [3.8, 4) is 0 Å². The molecule has 0 saturated carbocycles. The van der Waals surface area contributed by atoms with Gasteiger partial charge in [-0.05, 0) is 19.7 Å². The van der Waals surface area contributed by atoms with Gasteiger partial charge in [0.25, 0.3) is 6.20 Å². The van der Waals surface area contributed by atoms with Gasteiger partial charge >= 0.3 is 5.88 Å². The van der Waals surface area contributed by atoms with Crippen LogP contribution in [0, 0.1) is 0 Å². The summed E-state index contributed by atoms with van der Waals surface area (Å²) >= 11 is 0. The lowest BCUT2D eigenvalue weighted by Gasteiger charge is -2.18.